The molecule has 0 heterocycles. The van der Waals surface area contributed by atoms with Crippen molar-refractivity contribution in [1.82, 2.24) is 0 Å². The molecule has 0 saturated heterocycles. The number of fused-ring (bicyclic) bond motifs is 1. The van der Waals surface area contributed by atoms with E-state index < -0.39 is 11.4 Å². The molecule has 90 valence electrons. The van der Waals surface area contributed by atoms with Crippen LogP contribution < -0.4 is 0 Å². The van der Waals surface area contributed by atoms with Crippen LogP contribution in [-0.2, 0) is 10.2 Å². The lowest BCUT2D eigenvalue weighted by molar-refractivity contribution is -0.145. The molecule has 0 saturated carbocycles. The van der Waals surface area contributed by atoms with Crippen LogP contribution in [0.25, 0.3) is 0 Å². The maximum absolute atomic E-state index is 11.9. The van der Waals surface area contributed by atoms with Gasteiger partial charge in [0.25, 0.3) is 0 Å². The lowest BCUT2D eigenvalue weighted by atomic mass is 9.72. The van der Waals surface area contributed by atoms with Gasteiger partial charge in [0.05, 0.1) is 0 Å². The van der Waals surface area contributed by atoms with Gasteiger partial charge in [-0.25, -0.2) is 0 Å². The monoisotopic (exact) mass is 252 g/mol. The molecule has 1 aromatic rings. The Labute approximate surface area is 104 Å². The van der Waals surface area contributed by atoms with Gasteiger partial charge >= 0.3 is 5.97 Å². The fourth-order valence-electron chi connectivity index (χ4n) is 2.57. The lowest BCUT2D eigenvalue weighted by Crippen LogP contribution is -2.39. The summed E-state index contributed by atoms with van der Waals surface area (Å²) in [4.78, 5) is 23.5. The molecule has 4 heteroatoms. The van der Waals surface area contributed by atoms with Crippen molar-refractivity contribution in [3.05, 3.63) is 34.3 Å². The molecule has 0 spiro atoms. The zero-order chi connectivity index (χ0) is 12.8. The van der Waals surface area contributed by atoms with Crippen molar-refractivity contribution in [1.29, 1.82) is 0 Å². The summed E-state index contributed by atoms with van der Waals surface area (Å²) in [5.41, 5.74) is -0.243. The fourth-order valence-corrected chi connectivity index (χ4v) is 2.91. The van der Waals surface area contributed by atoms with E-state index in [0.717, 1.165) is 0 Å². The molecule has 1 unspecified atom stereocenters. The minimum Gasteiger partial charge on any atom is -0.481 e. The highest BCUT2D eigenvalue weighted by molar-refractivity contribution is 6.33. The minimum absolute atomic E-state index is 0.000926. The molecule has 1 atom stereocenters. The Morgan fingerprint density at radius 2 is 2.12 bits per heavy atom. The summed E-state index contributed by atoms with van der Waals surface area (Å²) in [6.45, 7) is 3.61. The van der Waals surface area contributed by atoms with Crippen molar-refractivity contribution >= 4 is 23.4 Å². The van der Waals surface area contributed by atoms with E-state index in [1.165, 1.54) is 0 Å². The van der Waals surface area contributed by atoms with E-state index in [1.54, 1.807) is 32.0 Å². The Morgan fingerprint density at radius 1 is 1.47 bits per heavy atom. The summed E-state index contributed by atoms with van der Waals surface area (Å²) in [5, 5.41) is 9.88. The van der Waals surface area contributed by atoms with E-state index >= 15 is 0 Å². The van der Waals surface area contributed by atoms with Crippen molar-refractivity contribution in [2.45, 2.75) is 25.7 Å². The largest absolute Gasteiger partial charge is 0.481 e. The number of carboxylic acid groups (broad SMARTS) is 1. The van der Waals surface area contributed by atoms with Gasteiger partial charge in [-0.1, -0.05) is 37.6 Å². The third kappa shape index (κ3) is 1.49. The summed E-state index contributed by atoms with van der Waals surface area (Å²) in [7, 11) is 0. The molecule has 1 N–H and O–H groups in total. The van der Waals surface area contributed by atoms with Gasteiger partial charge in [-0.3, -0.25) is 9.59 Å². The van der Waals surface area contributed by atoms with Crippen molar-refractivity contribution in [2.24, 2.45) is 5.92 Å². The van der Waals surface area contributed by atoms with Crippen molar-refractivity contribution in [3.8, 4) is 0 Å². The first-order valence-corrected chi connectivity index (χ1v) is 5.84. The average molecular weight is 253 g/mol. The second-order valence-corrected chi connectivity index (χ2v) is 5.10. The number of hydrogen-bond donors (Lipinski definition) is 1. The first kappa shape index (κ1) is 12.1. The minimum atomic E-state index is -1.18. The van der Waals surface area contributed by atoms with Gasteiger partial charge in [-0.15, -0.1) is 0 Å². The fraction of sp³-hybridized carbons (Fsp3) is 0.385. The first-order chi connectivity index (χ1) is 7.91. The predicted molar refractivity (Wildman–Crippen MR) is 64.6 cm³/mol. The molecule has 0 aliphatic heterocycles. The van der Waals surface area contributed by atoms with Crippen LogP contribution >= 0.6 is 11.6 Å². The summed E-state index contributed by atoms with van der Waals surface area (Å²) >= 11 is 6.09. The molecule has 1 aliphatic rings. The molecular weight excluding hydrogens is 240 g/mol. The molecule has 0 fully saturated rings. The van der Waals surface area contributed by atoms with Crippen LogP contribution in [0.2, 0.25) is 5.02 Å². The number of benzene rings is 1. The molecule has 0 aromatic heterocycles. The van der Waals surface area contributed by atoms with E-state index in [9.17, 15) is 14.7 Å². The molecule has 17 heavy (non-hydrogen) atoms. The molecule has 0 amide bonds. The normalized spacial score (nSPS) is 22.9. The van der Waals surface area contributed by atoms with Crippen molar-refractivity contribution in [2.75, 3.05) is 0 Å². The van der Waals surface area contributed by atoms with Crippen LogP contribution in [-0.4, -0.2) is 16.9 Å². The summed E-state index contributed by atoms with van der Waals surface area (Å²) < 4.78 is 0. The molecule has 1 aliphatic carbocycles. The number of halogens is 1. The van der Waals surface area contributed by atoms with Gasteiger partial charge in [0.1, 0.15) is 5.41 Å². The number of ketones is 1. The topological polar surface area (TPSA) is 54.4 Å². The zero-order valence-corrected chi connectivity index (χ0v) is 10.4. The maximum Gasteiger partial charge on any atom is 0.314 e. The van der Waals surface area contributed by atoms with Crippen LogP contribution in [0.15, 0.2) is 18.2 Å². The summed E-state index contributed by atoms with van der Waals surface area (Å²) in [6.07, 6.45) is -0.000926. The Hall–Kier alpha value is -1.35. The number of carbonyl (C=O) groups excluding carboxylic acids is 1. The number of Topliss-reactive ketones (excluding diaryl/α,β-unsaturated/α-hetero) is 1. The van der Waals surface area contributed by atoms with Gasteiger partial charge in [-0.05, 0) is 17.5 Å². The predicted octanol–water partition coefficient (Wildman–Crippen LogP) is 2.90. The van der Waals surface area contributed by atoms with Crippen LogP contribution in [0, 0.1) is 5.92 Å². The third-order valence-electron chi connectivity index (χ3n) is 3.57. The number of aliphatic carboxylic acids is 1. The van der Waals surface area contributed by atoms with E-state index in [-0.39, 0.29) is 18.1 Å². The standard InChI is InChI=1S/C13H13ClO3/c1-7(2)13(12(16)17)6-10(15)8-4-3-5-9(14)11(8)13/h3-5,7H,6H2,1-2H3,(H,16,17). The lowest BCUT2D eigenvalue weighted by Gasteiger charge is -2.29. The third-order valence-corrected chi connectivity index (χ3v) is 3.88. The van der Waals surface area contributed by atoms with Crippen molar-refractivity contribution < 1.29 is 14.7 Å². The first-order valence-electron chi connectivity index (χ1n) is 5.47. The van der Waals surface area contributed by atoms with Crippen LogP contribution in [0.4, 0.5) is 0 Å². The van der Waals surface area contributed by atoms with E-state index in [2.05, 4.69) is 0 Å². The molecule has 0 radical (unpaired) electrons. The highest BCUT2D eigenvalue weighted by Gasteiger charge is 2.52. The highest BCUT2D eigenvalue weighted by Crippen LogP contribution is 2.47. The molecule has 3 nitrogen and oxygen atoms in total. The Bertz CT molecular complexity index is 507. The molecular formula is C13H13ClO3. The number of carboxylic acids is 1. The second kappa shape index (κ2) is 3.84. The second-order valence-electron chi connectivity index (χ2n) is 4.69. The zero-order valence-electron chi connectivity index (χ0n) is 9.66. The highest BCUT2D eigenvalue weighted by atomic mass is 35.5. The number of rotatable bonds is 2. The van der Waals surface area contributed by atoms with E-state index in [0.29, 0.717) is 16.1 Å². The number of hydrogen-bond acceptors (Lipinski definition) is 2. The molecule has 1 aromatic carbocycles. The quantitative estimate of drug-likeness (QED) is 0.881. The van der Waals surface area contributed by atoms with Gasteiger partial charge in [-0.2, -0.15) is 0 Å². The Morgan fingerprint density at radius 3 is 2.65 bits per heavy atom. The van der Waals surface area contributed by atoms with Crippen LogP contribution in [0.5, 0.6) is 0 Å². The van der Waals surface area contributed by atoms with Gasteiger partial charge in [0, 0.05) is 17.0 Å². The summed E-state index contributed by atoms with van der Waals surface area (Å²) in [5.74, 6) is -1.31. The number of carbonyl (C=O) groups is 2. The Kier molecular flexibility index (Phi) is 2.74. The maximum atomic E-state index is 11.9. The van der Waals surface area contributed by atoms with E-state index in [1.807, 2.05) is 0 Å². The van der Waals surface area contributed by atoms with Gasteiger partial charge in [0.2, 0.25) is 0 Å². The SMILES string of the molecule is CC(C)C1(C(=O)O)CC(=O)c2cccc(Cl)c21. The van der Waals surface area contributed by atoms with Gasteiger partial charge in [0.15, 0.2) is 5.78 Å². The van der Waals surface area contributed by atoms with Crippen molar-refractivity contribution in [3.63, 3.8) is 0 Å². The smallest absolute Gasteiger partial charge is 0.314 e. The van der Waals surface area contributed by atoms with E-state index in [4.69, 9.17) is 11.6 Å². The van der Waals surface area contributed by atoms with Crippen LogP contribution in [0.3, 0.4) is 0 Å². The molecule has 2 rings (SSSR count). The Balaban J connectivity index is 2.78. The molecule has 0 bridgehead atoms. The summed E-state index contributed by atoms with van der Waals surface area (Å²) in [6, 6.07) is 4.97. The van der Waals surface area contributed by atoms with Gasteiger partial charge < -0.3 is 5.11 Å². The van der Waals surface area contributed by atoms with Crippen LogP contribution in [0.1, 0.15) is 36.2 Å². The average Bonchev–Trinajstić information content (AvgIpc) is 2.55.